The lowest BCUT2D eigenvalue weighted by Crippen LogP contribution is -2.37. The number of hydrogen-bond donors (Lipinski definition) is 1. The van der Waals surface area contributed by atoms with Crippen molar-refractivity contribution in [2.45, 2.75) is 315 Å². The molecule has 0 aliphatic rings. The van der Waals surface area contributed by atoms with Crippen molar-refractivity contribution in [2.24, 2.45) is 0 Å². The summed E-state index contributed by atoms with van der Waals surface area (Å²) in [5.41, 5.74) is 0. The van der Waals surface area contributed by atoms with Crippen LogP contribution in [-0.2, 0) is 32.7 Å². The fourth-order valence-electron chi connectivity index (χ4n) is 10.2. The molecule has 2 atom stereocenters. The van der Waals surface area contributed by atoms with Gasteiger partial charge in [0.1, 0.15) is 19.8 Å². The highest BCUT2D eigenvalue weighted by Gasteiger charge is 2.27. The Morgan fingerprint density at radius 3 is 0.870 bits per heavy atom. The van der Waals surface area contributed by atoms with Crippen molar-refractivity contribution < 1.29 is 42.1 Å². The predicted octanol–water partition coefficient (Wildman–Crippen LogP) is 24.9. The molecule has 1 N–H and O–H groups in total. The summed E-state index contributed by atoms with van der Waals surface area (Å²) in [5.74, 6) is -0.799. The smallest absolute Gasteiger partial charge is 0.462 e. The molecule has 0 fully saturated rings. The quantitative estimate of drug-likeness (QED) is 0.0211. The molecule has 0 aliphatic carbocycles. The monoisotopic (exact) mass is 1300 g/mol. The lowest BCUT2D eigenvalue weighted by molar-refractivity contribution is -0.870. The Bertz CT molecular complexity index is 2070. The maximum absolute atomic E-state index is 12.9. The Hall–Kier alpha value is -4.11. The van der Waals surface area contributed by atoms with Gasteiger partial charge in [0, 0.05) is 12.8 Å². The normalized spacial score (nSPS) is 13.9. The van der Waals surface area contributed by atoms with E-state index in [2.05, 4.69) is 160 Å². The fraction of sp³-hybridized carbons (Fsp3) is 0.683. The van der Waals surface area contributed by atoms with Crippen LogP contribution in [0.3, 0.4) is 0 Å². The molecular formula is C82H141NO8P+. The van der Waals surface area contributed by atoms with Crippen molar-refractivity contribution in [1.82, 2.24) is 0 Å². The minimum absolute atomic E-state index is 0.0258. The molecule has 0 amide bonds. The number of phosphoric acid groups is 1. The third-order valence-corrected chi connectivity index (χ3v) is 16.8. The van der Waals surface area contributed by atoms with E-state index in [4.69, 9.17) is 18.5 Å². The molecule has 92 heavy (non-hydrogen) atoms. The number of phosphoric ester groups is 1. The molecule has 0 aromatic rings. The van der Waals surface area contributed by atoms with Gasteiger partial charge in [0.15, 0.2) is 6.10 Å². The number of likely N-dealkylation sites (N-methyl/N-ethyl adjacent to an activating group) is 1. The van der Waals surface area contributed by atoms with Crippen molar-refractivity contribution in [3.05, 3.63) is 146 Å². The van der Waals surface area contributed by atoms with Gasteiger partial charge in [0.05, 0.1) is 27.7 Å². The van der Waals surface area contributed by atoms with E-state index in [1.54, 1.807) is 0 Å². The number of rotatable bonds is 68. The standard InChI is InChI=1S/C82H140NO8P/c1-6-8-10-12-14-16-18-20-22-24-26-28-30-32-34-36-38-40-41-43-45-47-49-51-53-55-57-59-61-63-65-67-69-71-73-75-82(85)91-80(79-90-92(86,87)89-77-76-83(3,4)5)78-88-81(84)74-72-70-68-66-64-62-60-58-56-54-52-50-48-46-44-42-39-37-35-33-31-29-27-25-23-21-19-17-15-13-11-9-7-2/h8-11,14-17,20-23,26-29,32,34,38,40,43,45,49,51,80H,6-7,12-13,18-19,24-25,30-31,33,35-37,39,41-42,44,46-48,50,52-79H2,1-5H3/p+1/b10-8-,11-9-,16-14-,17-15-,22-20-,23-21-,28-26-,29-27-,34-32-,40-38-,45-43-,51-49-. The van der Waals surface area contributed by atoms with Crippen LogP contribution >= 0.6 is 7.82 Å². The number of hydrogen-bond acceptors (Lipinski definition) is 7. The number of ether oxygens (including phenoxy) is 2. The van der Waals surface area contributed by atoms with Gasteiger partial charge >= 0.3 is 19.8 Å². The second-order valence-corrected chi connectivity index (χ2v) is 27.4. The lowest BCUT2D eigenvalue weighted by Gasteiger charge is -2.24. The molecule has 0 heterocycles. The van der Waals surface area contributed by atoms with Crippen molar-refractivity contribution in [2.75, 3.05) is 47.5 Å². The Morgan fingerprint density at radius 1 is 0.337 bits per heavy atom. The first-order valence-electron chi connectivity index (χ1n) is 37.6. The summed E-state index contributed by atoms with van der Waals surface area (Å²) in [6, 6.07) is 0. The SMILES string of the molecule is CC/C=C\C/C=C\C/C=C\C/C=C\C/C=C\C/C=C\C/C=C\C/C=C\CCCCCCCCCCCCC(=O)OC(COC(=O)CCCCCCCCCCCCCCCCCCCCCC/C=C\C/C=C\C/C=C\C/C=C\CC)COP(=O)(O)OCC[N+](C)(C)C. The van der Waals surface area contributed by atoms with E-state index in [0.717, 1.165) is 122 Å². The number of unbranched alkanes of at least 4 members (excludes halogenated alkanes) is 30. The summed E-state index contributed by atoms with van der Waals surface area (Å²) in [4.78, 5) is 36.0. The molecule has 0 saturated carbocycles. The van der Waals surface area contributed by atoms with Gasteiger partial charge in [-0.3, -0.25) is 18.6 Å². The first-order chi connectivity index (χ1) is 45.0. The maximum atomic E-state index is 12.9. The van der Waals surface area contributed by atoms with E-state index in [0.29, 0.717) is 17.4 Å². The highest BCUT2D eigenvalue weighted by Crippen LogP contribution is 2.43. The largest absolute Gasteiger partial charge is 0.472 e. The molecule has 0 radical (unpaired) electrons. The summed E-state index contributed by atoms with van der Waals surface area (Å²) in [7, 11) is 1.47. The van der Waals surface area contributed by atoms with E-state index in [9.17, 15) is 19.0 Å². The van der Waals surface area contributed by atoms with Crippen LogP contribution in [0.5, 0.6) is 0 Å². The summed E-state index contributed by atoms with van der Waals surface area (Å²) in [6.07, 6.45) is 105. The number of carbonyl (C=O) groups excluding carboxylic acids is 2. The topological polar surface area (TPSA) is 108 Å². The molecule has 0 aromatic carbocycles. The molecule has 526 valence electrons. The molecule has 0 saturated heterocycles. The summed E-state index contributed by atoms with van der Waals surface area (Å²) in [6.45, 7) is 4.22. The van der Waals surface area contributed by atoms with Crippen LogP contribution in [0.2, 0.25) is 0 Å². The maximum Gasteiger partial charge on any atom is 0.472 e. The molecule has 9 nitrogen and oxygen atoms in total. The number of esters is 2. The van der Waals surface area contributed by atoms with Crippen LogP contribution in [-0.4, -0.2) is 74.9 Å². The zero-order valence-electron chi connectivity index (χ0n) is 60.0. The number of carbonyl (C=O) groups is 2. The van der Waals surface area contributed by atoms with Crippen LogP contribution in [0.4, 0.5) is 0 Å². The Labute approximate surface area is 567 Å². The van der Waals surface area contributed by atoms with Crippen molar-refractivity contribution in [3.63, 3.8) is 0 Å². The van der Waals surface area contributed by atoms with Crippen LogP contribution in [0.15, 0.2) is 146 Å². The second-order valence-electron chi connectivity index (χ2n) is 25.9. The van der Waals surface area contributed by atoms with Gasteiger partial charge in [-0.05, 0) is 116 Å². The van der Waals surface area contributed by atoms with Crippen LogP contribution < -0.4 is 0 Å². The molecule has 2 unspecified atom stereocenters. The minimum atomic E-state index is -4.40. The Morgan fingerprint density at radius 2 is 0.587 bits per heavy atom. The van der Waals surface area contributed by atoms with Gasteiger partial charge < -0.3 is 18.9 Å². The zero-order chi connectivity index (χ0) is 66.9. The number of quaternary nitrogens is 1. The van der Waals surface area contributed by atoms with E-state index in [1.807, 2.05) is 21.1 Å². The Balaban J connectivity index is 4.04. The third-order valence-electron chi connectivity index (χ3n) is 15.9. The number of nitrogens with zero attached hydrogens (tertiary/aromatic N) is 1. The molecule has 0 bridgehead atoms. The first kappa shape index (κ1) is 87.9. The second kappa shape index (κ2) is 71.2. The van der Waals surface area contributed by atoms with Gasteiger partial charge in [-0.1, -0.05) is 327 Å². The van der Waals surface area contributed by atoms with Gasteiger partial charge in [-0.15, -0.1) is 0 Å². The van der Waals surface area contributed by atoms with Crippen LogP contribution in [0.25, 0.3) is 0 Å². The van der Waals surface area contributed by atoms with E-state index < -0.39 is 26.5 Å². The molecule has 0 rings (SSSR count). The number of allylic oxidation sites excluding steroid dienone is 24. The van der Waals surface area contributed by atoms with Crippen molar-refractivity contribution in [1.29, 1.82) is 0 Å². The van der Waals surface area contributed by atoms with Crippen LogP contribution in [0.1, 0.15) is 309 Å². The van der Waals surface area contributed by atoms with Gasteiger partial charge in [-0.25, -0.2) is 4.57 Å². The van der Waals surface area contributed by atoms with E-state index in [-0.39, 0.29) is 32.0 Å². The third kappa shape index (κ3) is 74.9. The van der Waals surface area contributed by atoms with Gasteiger partial charge in [-0.2, -0.15) is 0 Å². The lowest BCUT2D eigenvalue weighted by atomic mass is 10.0. The highest BCUT2D eigenvalue weighted by atomic mass is 31.2. The fourth-order valence-corrected chi connectivity index (χ4v) is 10.9. The van der Waals surface area contributed by atoms with Gasteiger partial charge in [0.25, 0.3) is 0 Å². The summed E-state index contributed by atoms with van der Waals surface area (Å²) < 4.78 is 34.8. The van der Waals surface area contributed by atoms with Gasteiger partial charge in [0.2, 0.25) is 0 Å². The summed E-state index contributed by atoms with van der Waals surface area (Å²) in [5, 5.41) is 0. The van der Waals surface area contributed by atoms with E-state index in [1.165, 1.54) is 154 Å². The summed E-state index contributed by atoms with van der Waals surface area (Å²) >= 11 is 0. The van der Waals surface area contributed by atoms with Crippen LogP contribution in [0, 0.1) is 0 Å². The molecular weight excluding hydrogens is 1160 g/mol. The van der Waals surface area contributed by atoms with E-state index >= 15 is 0 Å². The average molecular weight is 1300 g/mol. The predicted molar refractivity (Wildman–Crippen MR) is 399 cm³/mol. The highest BCUT2D eigenvalue weighted by molar-refractivity contribution is 7.47. The minimum Gasteiger partial charge on any atom is -0.462 e. The molecule has 0 spiro atoms. The molecule has 10 heteroatoms. The zero-order valence-corrected chi connectivity index (χ0v) is 60.9. The average Bonchev–Trinajstić information content (AvgIpc) is 2.14. The first-order valence-corrected chi connectivity index (χ1v) is 39.1. The van der Waals surface area contributed by atoms with Crippen molar-refractivity contribution >= 4 is 19.8 Å². The molecule has 0 aliphatic heterocycles. The Kier molecular flexibility index (Phi) is 68.0. The van der Waals surface area contributed by atoms with Crippen molar-refractivity contribution in [3.8, 4) is 0 Å². The molecule has 0 aromatic heterocycles.